The molecule has 0 spiro atoms. The van der Waals surface area contributed by atoms with E-state index in [1.807, 2.05) is 57.5 Å². The summed E-state index contributed by atoms with van der Waals surface area (Å²) in [7, 11) is 0. The molecule has 1 aromatic carbocycles. The highest BCUT2D eigenvalue weighted by molar-refractivity contribution is 7.13. The largest absolute Gasteiger partial charge is 0.391 e. The van der Waals surface area contributed by atoms with Crippen LogP contribution in [0.4, 0.5) is 0 Å². The standard InChI is InChI=1S/C30H43N5O4S/c1-19-10-12-34(13-11-19)17-25(37)33-27(30(3,4)5)29(39)35-16-23(36)14-24(35)28(38)31-15-21-6-8-22(9-7-21)26-20(2)32-18-40-26/h6-9,18-19,23-24,27,36H,10-17H2,1-5H3,(H,31,38)(H,33,37)/t23-,24+,27-/m1/s1. The number of piperidine rings is 1. The second-order valence-electron chi connectivity index (χ2n) is 12.4. The molecule has 2 aliphatic heterocycles. The number of likely N-dealkylation sites (tertiary alicyclic amines) is 2. The zero-order valence-electron chi connectivity index (χ0n) is 24.3. The second kappa shape index (κ2) is 12.8. The summed E-state index contributed by atoms with van der Waals surface area (Å²) in [4.78, 5) is 49.0. The third kappa shape index (κ3) is 7.47. The number of aryl methyl sites for hydroxylation is 1. The van der Waals surface area contributed by atoms with Gasteiger partial charge in [-0.1, -0.05) is 52.0 Å². The van der Waals surface area contributed by atoms with E-state index in [4.69, 9.17) is 0 Å². The van der Waals surface area contributed by atoms with Gasteiger partial charge in [-0.15, -0.1) is 11.3 Å². The predicted molar refractivity (Wildman–Crippen MR) is 156 cm³/mol. The van der Waals surface area contributed by atoms with Gasteiger partial charge in [0.15, 0.2) is 0 Å². The molecule has 3 N–H and O–H groups in total. The minimum Gasteiger partial charge on any atom is -0.391 e. The van der Waals surface area contributed by atoms with Crippen LogP contribution in [0.1, 0.15) is 58.2 Å². The van der Waals surface area contributed by atoms with E-state index >= 15 is 0 Å². The van der Waals surface area contributed by atoms with Crippen molar-refractivity contribution in [2.45, 2.75) is 78.6 Å². The molecule has 0 aliphatic carbocycles. The van der Waals surface area contributed by atoms with Crippen molar-refractivity contribution in [3.63, 3.8) is 0 Å². The van der Waals surface area contributed by atoms with E-state index < -0.39 is 23.6 Å². The highest BCUT2D eigenvalue weighted by Gasteiger charge is 2.44. The maximum absolute atomic E-state index is 13.8. The Hall–Kier alpha value is -2.82. The molecule has 10 heteroatoms. The second-order valence-corrected chi connectivity index (χ2v) is 13.3. The Morgan fingerprint density at radius 2 is 1.82 bits per heavy atom. The van der Waals surface area contributed by atoms with Crippen molar-refractivity contribution in [3.05, 3.63) is 41.0 Å². The monoisotopic (exact) mass is 569 g/mol. The number of amides is 3. The average molecular weight is 570 g/mol. The first-order chi connectivity index (χ1) is 18.9. The minimum absolute atomic E-state index is 0.0618. The van der Waals surface area contributed by atoms with Crippen molar-refractivity contribution in [2.24, 2.45) is 11.3 Å². The van der Waals surface area contributed by atoms with E-state index in [9.17, 15) is 19.5 Å². The quantitative estimate of drug-likeness (QED) is 0.450. The lowest BCUT2D eigenvalue weighted by Gasteiger charge is -2.36. The Morgan fingerprint density at radius 3 is 2.42 bits per heavy atom. The number of β-amino-alcohol motifs (C(OH)–C–C–N with tert-alkyl or cyclic N) is 1. The Kier molecular flexibility index (Phi) is 9.64. The summed E-state index contributed by atoms with van der Waals surface area (Å²) in [6.07, 6.45) is 1.49. The van der Waals surface area contributed by atoms with Gasteiger partial charge in [0.2, 0.25) is 17.7 Å². The summed E-state index contributed by atoms with van der Waals surface area (Å²) < 4.78 is 0. The number of hydrogen-bond acceptors (Lipinski definition) is 7. The molecule has 218 valence electrons. The molecule has 9 nitrogen and oxygen atoms in total. The van der Waals surface area contributed by atoms with Gasteiger partial charge >= 0.3 is 0 Å². The Balaban J connectivity index is 1.38. The fourth-order valence-electron chi connectivity index (χ4n) is 5.41. The number of aromatic nitrogens is 1. The summed E-state index contributed by atoms with van der Waals surface area (Å²) in [5, 5.41) is 16.3. The number of nitrogens with one attached hydrogen (secondary N) is 2. The van der Waals surface area contributed by atoms with Crippen LogP contribution in [0, 0.1) is 18.3 Å². The minimum atomic E-state index is -0.813. The fourth-order valence-corrected chi connectivity index (χ4v) is 6.22. The zero-order valence-corrected chi connectivity index (χ0v) is 25.1. The van der Waals surface area contributed by atoms with E-state index in [0.717, 1.165) is 47.6 Å². The first kappa shape index (κ1) is 30.1. The van der Waals surface area contributed by atoms with E-state index in [0.29, 0.717) is 12.5 Å². The van der Waals surface area contributed by atoms with Gasteiger partial charge in [0.25, 0.3) is 0 Å². The van der Waals surface area contributed by atoms with Crippen molar-refractivity contribution in [3.8, 4) is 10.4 Å². The van der Waals surface area contributed by atoms with Gasteiger partial charge in [0, 0.05) is 19.5 Å². The SMILES string of the molecule is Cc1ncsc1-c1ccc(CNC(=O)[C@@H]2C[C@@H](O)CN2C(=O)[C@@H](NC(=O)CN2CCC(C)CC2)C(C)(C)C)cc1. The van der Waals surface area contributed by atoms with Gasteiger partial charge in [0.1, 0.15) is 12.1 Å². The Morgan fingerprint density at radius 1 is 1.15 bits per heavy atom. The molecule has 0 unspecified atom stereocenters. The maximum Gasteiger partial charge on any atom is 0.246 e. The summed E-state index contributed by atoms with van der Waals surface area (Å²) in [6.45, 7) is 12.3. The van der Waals surface area contributed by atoms with Crippen LogP contribution in [-0.4, -0.2) is 82.0 Å². The van der Waals surface area contributed by atoms with Crippen LogP contribution in [0.25, 0.3) is 10.4 Å². The Bertz CT molecular complexity index is 1180. The summed E-state index contributed by atoms with van der Waals surface area (Å²) in [5.41, 5.74) is 4.25. The molecule has 1 aromatic heterocycles. The normalized spacial score (nSPS) is 21.3. The lowest BCUT2D eigenvalue weighted by molar-refractivity contribution is -0.144. The third-order valence-corrected chi connectivity index (χ3v) is 8.93. The van der Waals surface area contributed by atoms with Gasteiger partial charge in [0.05, 0.1) is 28.7 Å². The first-order valence-corrected chi connectivity index (χ1v) is 15.1. The summed E-state index contributed by atoms with van der Waals surface area (Å²) in [6, 6.07) is 6.35. The maximum atomic E-state index is 13.8. The molecule has 40 heavy (non-hydrogen) atoms. The van der Waals surface area contributed by atoms with Crippen LogP contribution in [0.2, 0.25) is 0 Å². The molecule has 3 amide bonds. The number of thiazole rings is 1. The lowest BCUT2D eigenvalue weighted by atomic mass is 9.85. The van der Waals surface area contributed by atoms with E-state index in [1.165, 1.54) is 4.90 Å². The first-order valence-electron chi connectivity index (χ1n) is 14.2. The smallest absolute Gasteiger partial charge is 0.246 e. The van der Waals surface area contributed by atoms with Crippen LogP contribution in [0.15, 0.2) is 29.8 Å². The number of hydrogen-bond donors (Lipinski definition) is 3. The number of rotatable bonds is 8. The summed E-state index contributed by atoms with van der Waals surface area (Å²) >= 11 is 1.59. The Labute approximate surface area is 241 Å². The molecule has 2 aromatic rings. The highest BCUT2D eigenvalue weighted by atomic mass is 32.1. The van der Waals surface area contributed by atoms with Gasteiger partial charge in [-0.25, -0.2) is 4.98 Å². The molecular weight excluding hydrogens is 526 g/mol. The molecular formula is C30H43N5O4S. The van der Waals surface area contributed by atoms with Crippen molar-refractivity contribution in [1.82, 2.24) is 25.4 Å². The molecule has 2 aliphatic rings. The van der Waals surface area contributed by atoms with Gasteiger partial charge < -0.3 is 20.6 Å². The molecule has 4 rings (SSSR count). The van der Waals surface area contributed by atoms with Gasteiger partial charge in [-0.2, -0.15) is 0 Å². The van der Waals surface area contributed by atoms with E-state index in [-0.39, 0.29) is 37.2 Å². The van der Waals surface area contributed by atoms with Crippen molar-refractivity contribution in [1.29, 1.82) is 0 Å². The number of carbonyl (C=O) groups is 3. The molecule has 0 radical (unpaired) electrons. The average Bonchev–Trinajstić information content (AvgIpc) is 3.52. The lowest BCUT2D eigenvalue weighted by Crippen LogP contribution is -2.58. The van der Waals surface area contributed by atoms with Crippen molar-refractivity contribution in [2.75, 3.05) is 26.2 Å². The summed E-state index contributed by atoms with van der Waals surface area (Å²) in [5.74, 6) is -0.177. The van der Waals surface area contributed by atoms with Gasteiger partial charge in [-0.3, -0.25) is 19.3 Å². The van der Waals surface area contributed by atoms with Crippen molar-refractivity contribution >= 4 is 29.1 Å². The zero-order chi connectivity index (χ0) is 29.0. The highest BCUT2D eigenvalue weighted by Crippen LogP contribution is 2.28. The van der Waals surface area contributed by atoms with Gasteiger partial charge in [-0.05, 0) is 55.3 Å². The molecule has 3 heterocycles. The van der Waals surface area contributed by atoms with Crippen LogP contribution >= 0.6 is 11.3 Å². The third-order valence-electron chi connectivity index (χ3n) is 7.95. The molecule has 2 fully saturated rings. The molecule has 3 atom stereocenters. The number of aliphatic hydroxyl groups is 1. The van der Waals surface area contributed by atoms with Crippen LogP contribution < -0.4 is 10.6 Å². The fraction of sp³-hybridized carbons (Fsp3) is 0.600. The van der Waals surface area contributed by atoms with E-state index in [2.05, 4.69) is 27.4 Å². The number of aliphatic hydroxyl groups excluding tert-OH is 1. The van der Waals surface area contributed by atoms with Crippen LogP contribution in [0.3, 0.4) is 0 Å². The molecule has 0 bridgehead atoms. The van der Waals surface area contributed by atoms with Crippen LogP contribution in [-0.2, 0) is 20.9 Å². The number of nitrogens with zero attached hydrogens (tertiary/aromatic N) is 3. The van der Waals surface area contributed by atoms with Crippen LogP contribution in [0.5, 0.6) is 0 Å². The predicted octanol–water partition coefficient (Wildman–Crippen LogP) is 2.96. The topological polar surface area (TPSA) is 115 Å². The number of carbonyl (C=O) groups excluding carboxylic acids is 3. The van der Waals surface area contributed by atoms with Crippen molar-refractivity contribution < 1.29 is 19.5 Å². The molecule has 2 saturated heterocycles. The van der Waals surface area contributed by atoms with E-state index in [1.54, 1.807) is 11.3 Å². The number of benzene rings is 1. The molecule has 0 saturated carbocycles.